The molecule has 4 nitrogen and oxygen atoms in total. The van der Waals surface area contributed by atoms with Crippen LogP contribution >= 0.6 is 0 Å². The molecule has 1 heterocycles. The van der Waals surface area contributed by atoms with Gasteiger partial charge in [-0.25, -0.2) is 0 Å². The van der Waals surface area contributed by atoms with Gasteiger partial charge in [0.2, 0.25) is 0 Å². The van der Waals surface area contributed by atoms with E-state index in [2.05, 4.69) is 29.3 Å². The highest BCUT2D eigenvalue weighted by Crippen LogP contribution is 2.26. The van der Waals surface area contributed by atoms with Gasteiger partial charge in [0.05, 0.1) is 6.61 Å². The number of carbonyl (C=O) groups excluding carboxylic acids is 1. The Morgan fingerprint density at radius 1 is 1.27 bits per heavy atom. The lowest BCUT2D eigenvalue weighted by molar-refractivity contribution is 0.0411. The van der Waals surface area contributed by atoms with Gasteiger partial charge in [-0.1, -0.05) is 42.2 Å². The van der Waals surface area contributed by atoms with Crippen LogP contribution in [-0.4, -0.2) is 29.8 Å². The molecule has 1 unspecified atom stereocenters. The summed E-state index contributed by atoms with van der Waals surface area (Å²) in [6, 6.07) is 15.3. The summed E-state index contributed by atoms with van der Waals surface area (Å²) < 4.78 is 5.83. The van der Waals surface area contributed by atoms with Crippen LogP contribution in [0.4, 0.5) is 0 Å². The fourth-order valence-corrected chi connectivity index (χ4v) is 2.90. The number of carbonyl (C=O) groups is 1. The van der Waals surface area contributed by atoms with Crippen LogP contribution in [0.1, 0.15) is 47.0 Å². The molecule has 0 bridgehead atoms. The standard InChI is InChI=1S/C22H23NO3/c1-22(2,25)12-10-16-6-5-8-18(14-16)21(24)23-15-20-19-9-4-3-7-17(19)11-13-26-20/h3-9,14,20,25H,11,13,15H2,1-2H3,(H,23,24). The van der Waals surface area contributed by atoms with Crippen LogP contribution in [0.5, 0.6) is 0 Å². The molecule has 2 N–H and O–H groups in total. The molecule has 134 valence electrons. The van der Waals surface area contributed by atoms with Crippen LogP contribution < -0.4 is 5.32 Å². The maximum atomic E-state index is 12.5. The summed E-state index contributed by atoms with van der Waals surface area (Å²) >= 11 is 0. The Labute approximate surface area is 154 Å². The van der Waals surface area contributed by atoms with E-state index < -0.39 is 5.60 Å². The molecule has 1 aliphatic heterocycles. The van der Waals surface area contributed by atoms with Gasteiger partial charge in [0.1, 0.15) is 11.7 Å². The summed E-state index contributed by atoms with van der Waals surface area (Å²) in [5.74, 6) is 5.48. The molecule has 0 aromatic heterocycles. The van der Waals surface area contributed by atoms with Gasteiger partial charge in [-0.2, -0.15) is 0 Å². The molecule has 0 spiro atoms. The number of nitrogens with one attached hydrogen (secondary N) is 1. The van der Waals surface area contributed by atoms with Crippen molar-refractivity contribution in [3.63, 3.8) is 0 Å². The van der Waals surface area contributed by atoms with Gasteiger partial charge < -0.3 is 15.2 Å². The second-order valence-electron chi connectivity index (χ2n) is 6.91. The van der Waals surface area contributed by atoms with Gasteiger partial charge in [-0.15, -0.1) is 0 Å². The predicted molar refractivity (Wildman–Crippen MR) is 101 cm³/mol. The molecule has 2 aromatic rings. The van der Waals surface area contributed by atoms with Gasteiger partial charge in [0.15, 0.2) is 0 Å². The van der Waals surface area contributed by atoms with Gasteiger partial charge in [0.25, 0.3) is 5.91 Å². The van der Waals surface area contributed by atoms with E-state index in [0.717, 1.165) is 12.0 Å². The van der Waals surface area contributed by atoms with E-state index >= 15 is 0 Å². The molecular weight excluding hydrogens is 326 g/mol. The number of amides is 1. The number of ether oxygens (including phenoxy) is 1. The van der Waals surface area contributed by atoms with E-state index in [1.807, 2.05) is 18.2 Å². The molecule has 1 atom stereocenters. The molecule has 1 aliphatic rings. The Morgan fingerprint density at radius 2 is 2.08 bits per heavy atom. The highest BCUT2D eigenvalue weighted by Gasteiger charge is 2.21. The van der Waals surface area contributed by atoms with Crippen LogP contribution in [0.3, 0.4) is 0 Å². The van der Waals surface area contributed by atoms with Gasteiger partial charge in [-0.3, -0.25) is 4.79 Å². The first-order chi connectivity index (χ1) is 12.4. The van der Waals surface area contributed by atoms with E-state index in [-0.39, 0.29) is 12.0 Å². The van der Waals surface area contributed by atoms with Gasteiger partial charge in [0, 0.05) is 17.7 Å². The Hall–Kier alpha value is -2.61. The van der Waals surface area contributed by atoms with Crippen molar-refractivity contribution in [3.8, 4) is 11.8 Å². The first-order valence-corrected chi connectivity index (χ1v) is 8.75. The number of benzene rings is 2. The number of hydrogen-bond acceptors (Lipinski definition) is 3. The van der Waals surface area contributed by atoms with Crippen molar-refractivity contribution in [2.24, 2.45) is 0 Å². The van der Waals surface area contributed by atoms with Gasteiger partial charge in [-0.05, 0) is 49.6 Å². The maximum absolute atomic E-state index is 12.5. The molecule has 0 saturated heterocycles. The first kappa shape index (κ1) is 18.2. The molecule has 0 aliphatic carbocycles. The quantitative estimate of drug-likeness (QED) is 0.838. The smallest absolute Gasteiger partial charge is 0.251 e. The average Bonchev–Trinajstić information content (AvgIpc) is 2.64. The third-order valence-electron chi connectivity index (χ3n) is 4.18. The van der Waals surface area contributed by atoms with E-state index in [4.69, 9.17) is 4.74 Å². The lowest BCUT2D eigenvalue weighted by Crippen LogP contribution is -2.31. The average molecular weight is 349 g/mol. The number of aliphatic hydroxyl groups is 1. The Kier molecular flexibility index (Phi) is 5.41. The molecule has 0 radical (unpaired) electrons. The summed E-state index contributed by atoms with van der Waals surface area (Å²) in [7, 11) is 0. The summed E-state index contributed by atoms with van der Waals surface area (Å²) in [6.07, 6.45) is 0.782. The van der Waals surface area contributed by atoms with Crippen molar-refractivity contribution in [1.82, 2.24) is 5.32 Å². The lowest BCUT2D eigenvalue weighted by atomic mass is 9.97. The molecule has 0 saturated carbocycles. The summed E-state index contributed by atoms with van der Waals surface area (Å²) in [5, 5.41) is 12.6. The highest BCUT2D eigenvalue weighted by molar-refractivity contribution is 5.94. The molecule has 0 fully saturated rings. The Bertz CT molecular complexity index is 855. The monoisotopic (exact) mass is 349 g/mol. The van der Waals surface area contributed by atoms with Crippen molar-refractivity contribution < 1.29 is 14.6 Å². The molecule has 4 heteroatoms. The third-order valence-corrected chi connectivity index (χ3v) is 4.18. The number of rotatable bonds is 3. The molecule has 1 amide bonds. The fourth-order valence-electron chi connectivity index (χ4n) is 2.90. The Balaban J connectivity index is 1.67. The topological polar surface area (TPSA) is 58.6 Å². The molecule has 26 heavy (non-hydrogen) atoms. The van der Waals surface area contributed by atoms with E-state index in [1.54, 1.807) is 32.0 Å². The Morgan fingerprint density at radius 3 is 2.88 bits per heavy atom. The van der Waals surface area contributed by atoms with E-state index in [1.165, 1.54) is 5.56 Å². The zero-order valence-corrected chi connectivity index (χ0v) is 15.1. The van der Waals surface area contributed by atoms with Crippen molar-refractivity contribution in [3.05, 3.63) is 70.8 Å². The maximum Gasteiger partial charge on any atom is 0.251 e. The fraction of sp³-hybridized carbons (Fsp3) is 0.318. The SMILES string of the molecule is CC(C)(O)C#Cc1cccc(C(=O)NCC2OCCc3ccccc32)c1. The van der Waals surface area contributed by atoms with Crippen molar-refractivity contribution in [1.29, 1.82) is 0 Å². The van der Waals surface area contributed by atoms with Crippen molar-refractivity contribution in [2.75, 3.05) is 13.2 Å². The summed E-state index contributed by atoms with van der Waals surface area (Å²) in [4.78, 5) is 12.5. The zero-order valence-electron chi connectivity index (χ0n) is 15.1. The number of fused-ring (bicyclic) bond motifs is 1. The van der Waals surface area contributed by atoms with Crippen LogP contribution in [-0.2, 0) is 11.2 Å². The third kappa shape index (κ3) is 4.72. The van der Waals surface area contributed by atoms with E-state index in [9.17, 15) is 9.90 Å². The highest BCUT2D eigenvalue weighted by atomic mass is 16.5. The van der Waals surface area contributed by atoms with E-state index in [0.29, 0.717) is 24.3 Å². The van der Waals surface area contributed by atoms with Gasteiger partial charge >= 0.3 is 0 Å². The van der Waals surface area contributed by atoms with Crippen LogP contribution in [0.15, 0.2) is 48.5 Å². The second kappa shape index (κ2) is 7.74. The second-order valence-corrected chi connectivity index (χ2v) is 6.91. The van der Waals surface area contributed by atoms with Crippen molar-refractivity contribution in [2.45, 2.75) is 32.0 Å². The molecule has 3 rings (SSSR count). The predicted octanol–water partition coefficient (Wildman–Crippen LogP) is 2.85. The minimum atomic E-state index is -1.07. The number of hydrogen-bond donors (Lipinski definition) is 2. The lowest BCUT2D eigenvalue weighted by Gasteiger charge is -2.26. The summed E-state index contributed by atoms with van der Waals surface area (Å²) in [5.41, 5.74) is 2.59. The van der Waals surface area contributed by atoms with Crippen LogP contribution in [0, 0.1) is 11.8 Å². The van der Waals surface area contributed by atoms with Crippen LogP contribution in [0.25, 0.3) is 0 Å². The minimum Gasteiger partial charge on any atom is -0.378 e. The minimum absolute atomic E-state index is 0.123. The largest absolute Gasteiger partial charge is 0.378 e. The normalized spacial score (nSPS) is 16.2. The first-order valence-electron chi connectivity index (χ1n) is 8.75. The van der Waals surface area contributed by atoms with Crippen molar-refractivity contribution >= 4 is 5.91 Å². The molecular formula is C22H23NO3. The zero-order chi connectivity index (χ0) is 18.6. The van der Waals surface area contributed by atoms with Crippen LogP contribution in [0.2, 0.25) is 0 Å². The molecule has 2 aromatic carbocycles. The summed E-state index contributed by atoms with van der Waals surface area (Å²) in [6.45, 7) is 4.34.